The Morgan fingerprint density at radius 1 is 1.09 bits per heavy atom. The molecule has 0 unspecified atom stereocenters. The first-order chi connectivity index (χ1) is 17.2. The second kappa shape index (κ2) is 10.9. The number of aromatic nitrogens is 5. The van der Waals surface area contributed by atoms with Gasteiger partial charge in [-0.15, -0.1) is 5.10 Å². The van der Waals surface area contributed by atoms with Gasteiger partial charge in [-0.1, -0.05) is 26.2 Å². The number of benzene rings is 1. The average Bonchev–Trinajstić information content (AvgIpc) is 3.36. The van der Waals surface area contributed by atoms with Crippen molar-refractivity contribution in [2.45, 2.75) is 64.5 Å². The molecule has 2 aromatic heterocycles. The number of nitrogens with one attached hydrogen (secondary N) is 1. The third kappa shape index (κ3) is 5.11. The van der Waals surface area contributed by atoms with Crippen LogP contribution >= 0.6 is 0 Å². The van der Waals surface area contributed by atoms with E-state index in [1.165, 1.54) is 19.3 Å². The predicted molar refractivity (Wildman–Crippen MR) is 136 cm³/mol. The summed E-state index contributed by atoms with van der Waals surface area (Å²) < 4.78 is 7.74. The summed E-state index contributed by atoms with van der Waals surface area (Å²) in [5.41, 5.74) is 1.42. The molecule has 3 aromatic rings. The summed E-state index contributed by atoms with van der Waals surface area (Å²) >= 11 is 0. The van der Waals surface area contributed by atoms with Gasteiger partial charge in [-0.2, -0.15) is 0 Å². The highest BCUT2D eigenvalue weighted by Gasteiger charge is 2.34. The van der Waals surface area contributed by atoms with Crippen molar-refractivity contribution < 1.29 is 4.74 Å². The number of pyridine rings is 1. The molecule has 0 bridgehead atoms. The summed E-state index contributed by atoms with van der Waals surface area (Å²) in [6.07, 6.45) is 6.98. The molecule has 5 rings (SSSR count). The number of nitrogens with zero attached hydrogens (tertiary/aromatic N) is 6. The standard InChI is InChI=1S/C26H37N7O2/c1-3-12-31-13-15-32(16-14-31)24(25-28-29-30-33(25)20-8-6-5-7-9-20)22-18-19-17-21(35-4-2)10-11-23(19)27-26(22)34/h10-11,17-18,20,24H,3-9,12-16H2,1-2H3,(H,27,34)/t24-/m1/s1. The van der Waals surface area contributed by atoms with Crippen LogP contribution in [0.25, 0.3) is 10.9 Å². The molecule has 9 heteroatoms. The number of hydrogen-bond acceptors (Lipinski definition) is 7. The molecule has 0 spiro atoms. The monoisotopic (exact) mass is 479 g/mol. The Morgan fingerprint density at radius 3 is 2.63 bits per heavy atom. The van der Waals surface area contributed by atoms with E-state index in [9.17, 15) is 4.79 Å². The number of rotatable bonds is 8. The van der Waals surface area contributed by atoms with Gasteiger partial charge in [-0.3, -0.25) is 9.69 Å². The first-order valence-electron chi connectivity index (χ1n) is 13.2. The summed E-state index contributed by atoms with van der Waals surface area (Å²) in [4.78, 5) is 21.5. The molecular formula is C26H37N7O2. The maximum atomic E-state index is 13.5. The highest BCUT2D eigenvalue weighted by Crippen LogP contribution is 2.33. The lowest BCUT2D eigenvalue weighted by atomic mass is 9.95. The number of aromatic amines is 1. The number of fused-ring (bicyclic) bond motifs is 1. The largest absolute Gasteiger partial charge is 0.494 e. The fourth-order valence-corrected chi connectivity index (χ4v) is 5.69. The minimum atomic E-state index is -0.292. The number of tetrazole rings is 1. The number of H-pyrrole nitrogens is 1. The maximum absolute atomic E-state index is 13.5. The van der Waals surface area contributed by atoms with Crippen molar-refractivity contribution in [1.29, 1.82) is 0 Å². The minimum Gasteiger partial charge on any atom is -0.494 e. The summed E-state index contributed by atoms with van der Waals surface area (Å²) in [5.74, 6) is 1.58. The van der Waals surface area contributed by atoms with Crippen molar-refractivity contribution in [2.24, 2.45) is 0 Å². The van der Waals surface area contributed by atoms with Crippen LogP contribution in [0.2, 0.25) is 0 Å². The van der Waals surface area contributed by atoms with E-state index in [2.05, 4.69) is 37.2 Å². The van der Waals surface area contributed by atoms with Crippen LogP contribution in [0.4, 0.5) is 0 Å². The second-order valence-electron chi connectivity index (χ2n) is 9.79. The Morgan fingerprint density at radius 2 is 1.89 bits per heavy atom. The third-order valence-electron chi connectivity index (χ3n) is 7.45. The van der Waals surface area contributed by atoms with E-state index < -0.39 is 0 Å². The lowest BCUT2D eigenvalue weighted by Crippen LogP contribution is -2.49. The van der Waals surface area contributed by atoms with Gasteiger partial charge < -0.3 is 14.6 Å². The molecule has 0 amide bonds. The van der Waals surface area contributed by atoms with Gasteiger partial charge in [0.15, 0.2) is 5.82 Å². The Labute approximate surface area is 206 Å². The normalized spacial score (nSPS) is 19.3. The van der Waals surface area contributed by atoms with E-state index in [1.807, 2.05) is 35.9 Å². The van der Waals surface area contributed by atoms with E-state index in [1.54, 1.807) is 0 Å². The molecule has 2 fully saturated rings. The van der Waals surface area contributed by atoms with Crippen molar-refractivity contribution in [2.75, 3.05) is 39.3 Å². The first-order valence-corrected chi connectivity index (χ1v) is 13.2. The molecule has 1 aromatic carbocycles. The van der Waals surface area contributed by atoms with Crippen molar-refractivity contribution in [3.8, 4) is 5.75 Å². The van der Waals surface area contributed by atoms with Crippen LogP contribution in [-0.2, 0) is 0 Å². The summed E-state index contributed by atoms with van der Waals surface area (Å²) in [7, 11) is 0. The predicted octanol–water partition coefficient (Wildman–Crippen LogP) is 3.54. The van der Waals surface area contributed by atoms with Crippen LogP contribution in [-0.4, -0.2) is 74.3 Å². The van der Waals surface area contributed by atoms with E-state index in [0.717, 1.165) is 74.5 Å². The number of hydrogen-bond donors (Lipinski definition) is 1. The molecule has 1 aliphatic heterocycles. The van der Waals surface area contributed by atoms with Crippen molar-refractivity contribution in [3.63, 3.8) is 0 Å². The molecule has 1 saturated carbocycles. The summed E-state index contributed by atoms with van der Waals surface area (Å²) in [6.45, 7) is 9.61. The molecule has 1 N–H and O–H groups in total. The minimum absolute atomic E-state index is 0.0826. The van der Waals surface area contributed by atoms with Gasteiger partial charge in [0.05, 0.1) is 12.6 Å². The summed E-state index contributed by atoms with van der Waals surface area (Å²) in [5, 5.41) is 14.0. The van der Waals surface area contributed by atoms with Crippen molar-refractivity contribution in [3.05, 3.63) is 46.0 Å². The molecule has 9 nitrogen and oxygen atoms in total. The average molecular weight is 480 g/mol. The molecule has 188 valence electrons. The highest BCUT2D eigenvalue weighted by atomic mass is 16.5. The smallest absolute Gasteiger partial charge is 0.253 e. The Bertz CT molecular complexity index is 1180. The Balaban J connectivity index is 1.57. The van der Waals surface area contributed by atoms with Crippen molar-refractivity contribution >= 4 is 10.9 Å². The third-order valence-corrected chi connectivity index (χ3v) is 7.45. The topological polar surface area (TPSA) is 92.2 Å². The molecule has 1 aliphatic carbocycles. The van der Waals surface area contributed by atoms with Crippen LogP contribution in [0.3, 0.4) is 0 Å². The molecule has 1 saturated heterocycles. The quantitative estimate of drug-likeness (QED) is 0.528. The number of piperazine rings is 1. The fraction of sp³-hybridized carbons (Fsp3) is 0.615. The van der Waals surface area contributed by atoms with Gasteiger partial charge in [0.1, 0.15) is 11.8 Å². The van der Waals surface area contributed by atoms with Gasteiger partial charge in [0.25, 0.3) is 5.56 Å². The molecule has 1 atom stereocenters. The second-order valence-corrected chi connectivity index (χ2v) is 9.79. The molecule has 3 heterocycles. The maximum Gasteiger partial charge on any atom is 0.253 e. The van der Waals surface area contributed by atoms with E-state index in [0.29, 0.717) is 18.2 Å². The van der Waals surface area contributed by atoms with Crippen LogP contribution in [0.15, 0.2) is 29.1 Å². The molecular weight excluding hydrogens is 442 g/mol. The SMILES string of the molecule is CCCN1CCN([C@H](c2cc3cc(OCC)ccc3[nH]c2=O)c2nnnn2C2CCCCC2)CC1. The molecule has 2 aliphatic rings. The van der Waals surface area contributed by atoms with Crippen molar-refractivity contribution in [1.82, 2.24) is 35.0 Å². The zero-order chi connectivity index (χ0) is 24.2. The van der Waals surface area contributed by atoms with E-state index >= 15 is 0 Å². The zero-order valence-electron chi connectivity index (χ0n) is 20.9. The lowest BCUT2D eigenvalue weighted by Gasteiger charge is -2.39. The first kappa shape index (κ1) is 23.9. The zero-order valence-corrected chi connectivity index (χ0v) is 20.9. The van der Waals surface area contributed by atoms with Crippen LogP contribution in [0.5, 0.6) is 5.75 Å². The van der Waals surface area contributed by atoms with Crippen LogP contribution < -0.4 is 10.3 Å². The van der Waals surface area contributed by atoms with Gasteiger partial charge in [-0.25, -0.2) is 4.68 Å². The fourth-order valence-electron chi connectivity index (χ4n) is 5.69. The Hall–Kier alpha value is -2.78. The van der Waals surface area contributed by atoms with E-state index in [4.69, 9.17) is 4.74 Å². The Kier molecular flexibility index (Phi) is 7.43. The van der Waals surface area contributed by atoms with Crippen LogP contribution in [0.1, 0.15) is 75.8 Å². The number of ether oxygens (including phenoxy) is 1. The van der Waals surface area contributed by atoms with E-state index in [-0.39, 0.29) is 11.6 Å². The van der Waals surface area contributed by atoms with Crippen LogP contribution in [0, 0.1) is 0 Å². The van der Waals surface area contributed by atoms with Gasteiger partial charge in [0, 0.05) is 42.6 Å². The van der Waals surface area contributed by atoms with Gasteiger partial charge in [-0.05, 0) is 67.4 Å². The summed E-state index contributed by atoms with van der Waals surface area (Å²) in [6, 6.07) is 7.82. The van der Waals surface area contributed by atoms with Gasteiger partial charge >= 0.3 is 0 Å². The molecule has 35 heavy (non-hydrogen) atoms. The van der Waals surface area contributed by atoms with Gasteiger partial charge in [0.2, 0.25) is 0 Å². The lowest BCUT2D eigenvalue weighted by molar-refractivity contribution is 0.103. The molecule has 0 radical (unpaired) electrons. The highest BCUT2D eigenvalue weighted by molar-refractivity contribution is 5.80.